The number of rotatable bonds is 7. The third-order valence-electron chi connectivity index (χ3n) is 4.41. The van der Waals surface area contributed by atoms with Crippen molar-refractivity contribution in [1.29, 1.82) is 0 Å². The van der Waals surface area contributed by atoms with Gasteiger partial charge in [0.15, 0.2) is 5.82 Å². The Bertz CT molecular complexity index is 1130. The molecule has 0 saturated heterocycles. The minimum atomic E-state index is -3.26. The molecule has 1 N–H and O–H groups in total. The number of halogens is 8. The Hall–Kier alpha value is -2.37. The molecular formula is C18H13Cl3F5N5O. The summed E-state index contributed by atoms with van der Waals surface area (Å²) < 4.78 is 68.3. The van der Waals surface area contributed by atoms with E-state index in [0.29, 0.717) is 4.68 Å². The minimum absolute atomic E-state index is 0.0427. The van der Waals surface area contributed by atoms with Gasteiger partial charge in [-0.1, -0.05) is 40.9 Å². The summed E-state index contributed by atoms with van der Waals surface area (Å²) in [5.41, 5.74) is -1.95. The predicted molar refractivity (Wildman–Crippen MR) is 108 cm³/mol. The van der Waals surface area contributed by atoms with Gasteiger partial charge in [0.1, 0.15) is 28.3 Å². The van der Waals surface area contributed by atoms with E-state index in [4.69, 9.17) is 34.8 Å². The van der Waals surface area contributed by atoms with Crippen LogP contribution in [0.5, 0.6) is 0 Å². The van der Waals surface area contributed by atoms with Gasteiger partial charge in [-0.3, -0.25) is 9.48 Å². The highest BCUT2D eigenvalue weighted by molar-refractivity contribution is 6.33. The van der Waals surface area contributed by atoms with Crippen LogP contribution < -0.4 is 5.32 Å². The maximum atomic E-state index is 14.0. The molecule has 2 aromatic heterocycles. The normalized spacial score (nSPS) is 12.6. The van der Waals surface area contributed by atoms with E-state index in [2.05, 4.69) is 15.5 Å². The van der Waals surface area contributed by atoms with E-state index in [1.807, 2.05) is 0 Å². The number of nitrogens with zero attached hydrogens (tertiary/aromatic N) is 4. The lowest BCUT2D eigenvalue weighted by Gasteiger charge is -2.15. The van der Waals surface area contributed by atoms with E-state index in [1.165, 1.54) is 29.1 Å². The molecule has 0 aliphatic rings. The lowest BCUT2D eigenvalue weighted by atomic mass is 10.2. The molecule has 1 amide bonds. The number of hydrogen-bond acceptors (Lipinski definition) is 3. The van der Waals surface area contributed by atoms with E-state index in [1.54, 1.807) is 0 Å². The molecule has 14 heteroatoms. The summed E-state index contributed by atoms with van der Waals surface area (Å²) in [5.74, 6) is -1.67. The molecule has 0 bridgehead atoms. The first-order chi connectivity index (χ1) is 15.0. The van der Waals surface area contributed by atoms with Crippen molar-refractivity contribution in [2.24, 2.45) is 0 Å². The van der Waals surface area contributed by atoms with E-state index in [9.17, 15) is 26.7 Å². The van der Waals surface area contributed by atoms with Crippen LogP contribution in [0.1, 0.15) is 42.8 Å². The van der Waals surface area contributed by atoms with Crippen LogP contribution in [0.4, 0.5) is 27.8 Å². The second kappa shape index (κ2) is 9.63. The van der Waals surface area contributed by atoms with E-state index < -0.39 is 47.0 Å². The van der Waals surface area contributed by atoms with E-state index in [-0.39, 0.29) is 28.0 Å². The highest BCUT2D eigenvalue weighted by Crippen LogP contribution is 2.36. The van der Waals surface area contributed by atoms with Crippen LogP contribution >= 0.6 is 34.8 Å². The Morgan fingerprint density at radius 1 is 1.09 bits per heavy atom. The van der Waals surface area contributed by atoms with Crippen LogP contribution in [0, 0.1) is 5.82 Å². The number of carbonyl (C=O) groups is 1. The fourth-order valence-electron chi connectivity index (χ4n) is 2.82. The van der Waals surface area contributed by atoms with E-state index in [0.717, 1.165) is 6.92 Å². The zero-order valence-corrected chi connectivity index (χ0v) is 18.2. The lowest BCUT2D eigenvalue weighted by molar-refractivity contribution is -0.119. The molecule has 1 aromatic carbocycles. The zero-order chi connectivity index (χ0) is 23.7. The molecule has 0 aliphatic carbocycles. The van der Waals surface area contributed by atoms with Crippen LogP contribution in [-0.4, -0.2) is 25.5 Å². The van der Waals surface area contributed by atoms with Gasteiger partial charge in [-0.05, 0) is 19.1 Å². The smallest absolute Gasteiger partial charge is 0.283 e. The summed E-state index contributed by atoms with van der Waals surface area (Å²) in [6.45, 7) is 1.04. The van der Waals surface area contributed by atoms with Gasteiger partial charge in [0.2, 0.25) is 5.91 Å². The third kappa shape index (κ3) is 4.84. The molecule has 1 atom stereocenters. The molecular weight excluding hydrogens is 504 g/mol. The molecule has 0 aliphatic heterocycles. The fourth-order valence-corrected chi connectivity index (χ4v) is 3.53. The van der Waals surface area contributed by atoms with Gasteiger partial charge in [-0.2, -0.15) is 10.2 Å². The second-order valence-electron chi connectivity index (χ2n) is 6.52. The SMILES string of the molecule is CC(C(=O)Nc1nn(Cc2c(F)cccc2Cl)cc1Cl)n1nc(C(F)F)c(Cl)c1C(F)F. The first kappa shape index (κ1) is 24.3. The zero-order valence-electron chi connectivity index (χ0n) is 16.0. The summed E-state index contributed by atoms with van der Waals surface area (Å²) >= 11 is 17.6. The molecule has 3 aromatic rings. The van der Waals surface area contributed by atoms with Crippen molar-refractivity contribution < 1.29 is 26.7 Å². The van der Waals surface area contributed by atoms with Gasteiger partial charge in [0.05, 0.1) is 11.6 Å². The molecule has 3 rings (SSSR count). The van der Waals surface area contributed by atoms with Crippen molar-refractivity contribution in [3.8, 4) is 0 Å². The van der Waals surface area contributed by atoms with Crippen LogP contribution in [-0.2, 0) is 11.3 Å². The van der Waals surface area contributed by atoms with Crippen molar-refractivity contribution in [1.82, 2.24) is 19.6 Å². The standard InChI is InChI=1S/C18H13Cl3F5N5O/c1-7(31-14(16(25)26)12(21)13(28-31)15(23)24)18(32)27-17-10(20)6-30(29-17)5-8-9(19)3-2-4-11(8)22/h2-4,6-7,15-16H,5H2,1H3,(H,27,29,32). The van der Waals surface area contributed by atoms with E-state index >= 15 is 0 Å². The topological polar surface area (TPSA) is 64.7 Å². The van der Waals surface area contributed by atoms with Crippen molar-refractivity contribution in [3.05, 3.63) is 62.2 Å². The summed E-state index contributed by atoms with van der Waals surface area (Å²) in [7, 11) is 0. The van der Waals surface area contributed by atoms with Crippen LogP contribution in [0.15, 0.2) is 24.4 Å². The predicted octanol–water partition coefficient (Wildman–Crippen LogP) is 6.30. The number of amides is 1. The minimum Gasteiger partial charge on any atom is -0.306 e. The van der Waals surface area contributed by atoms with Crippen LogP contribution in [0.25, 0.3) is 0 Å². The maximum Gasteiger partial charge on any atom is 0.283 e. The monoisotopic (exact) mass is 515 g/mol. The molecule has 0 radical (unpaired) electrons. The summed E-state index contributed by atoms with van der Waals surface area (Å²) in [4.78, 5) is 12.6. The third-order valence-corrected chi connectivity index (χ3v) is 5.43. The number of carbonyl (C=O) groups excluding carboxylic acids is 1. The largest absolute Gasteiger partial charge is 0.306 e. The molecule has 172 valence electrons. The molecule has 1 unspecified atom stereocenters. The summed E-state index contributed by atoms with van der Waals surface area (Å²) in [6.07, 6.45) is -5.19. The number of anilines is 1. The summed E-state index contributed by atoms with van der Waals surface area (Å²) in [5, 5.41) is 8.89. The van der Waals surface area contributed by atoms with Crippen molar-refractivity contribution >= 4 is 46.5 Å². The Kier molecular flexibility index (Phi) is 7.31. The lowest BCUT2D eigenvalue weighted by Crippen LogP contribution is -2.26. The highest BCUT2D eigenvalue weighted by Gasteiger charge is 2.32. The van der Waals surface area contributed by atoms with Gasteiger partial charge in [-0.25, -0.2) is 26.6 Å². The van der Waals surface area contributed by atoms with Gasteiger partial charge >= 0.3 is 0 Å². The molecule has 32 heavy (non-hydrogen) atoms. The number of nitrogens with one attached hydrogen (secondary N) is 1. The number of hydrogen-bond donors (Lipinski definition) is 1. The average molecular weight is 517 g/mol. The Labute approximate surface area is 192 Å². The van der Waals surface area contributed by atoms with Gasteiger partial charge < -0.3 is 5.32 Å². The van der Waals surface area contributed by atoms with Gasteiger partial charge in [-0.15, -0.1) is 0 Å². The molecule has 0 spiro atoms. The quantitative estimate of drug-likeness (QED) is 0.375. The molecule has 2 heterocycles. The van der Waals surface area contributed by atoms with Gasteiger partial charge in [0, 0.05) is 16.8 Å². The number of alkyl halides is 4. The molecule has 0 fully saturated rings. The first-order valence-electron chi connectivity index (χ1n) is 8.82. The number of aromatic nitrogens is 4. The Morgan fingerprint density at radius 2 is 1.78 bits per heavy atom. The first-order valence-corrected chi connectivity index (χ1v) is 9.95. The molecule has 0 saturated carbocycles. The second-order valence-corrected chi connectivity index (χ2v) is 7.71. The van der Waals surface area contributed by atoms with Crippen molar-refractivity contribution in [2.75, 3.05) is 5.32 Å². The van der Waals surface area contributed by atoms with Crippen molar-refractivity contribution in [2.45, 2.75) is 32.4 Å². The van der Waals surface area contributed by atoms with Crippen molar-refractivity contribution in [3.63, 3.8) is 0 Å². The fraction of sp³-hybridized carbons (Fsp3) is 0.278. The molecule has 6 nitrogen and oxygen atoms in total. The number of benzene rings is 1. The Morgan fingerprint density at radius 3 is 2.38 bits per heavy atom. The average Bonchev–Trinajstić information content (AvgIpc) is 3.23. The van der Waals surface area contributed by atoms with Gasteiger partial charge in [0.25, 0.3) is 12.9 Å². The Balaban J connectivity index is 1.83. The highest BCUT2D eigenvalue weighted by atomic mass is 35.5. The maximum absolute atomic E-state index is 14.0. The van der Waals surface area contributed by atoms with Crippen LogP contribution in [0.3, 0.4) is 0 Å². The summed E-state index contributed by atoms with van der Waals surface area (Å²) in [6, 6.07) is 2.66. The van der Waals surface area contributed by atoms with Crippen LogP contribution in [0.2, 0.25) is 15.1 Å².